The summed E-state index contributed by atoms with van der Waals surface area (Å²) in [4.78, 5) is 23.8. The number of hydrogen-bond acceptors (Lipinski definition) is 2. The minimum Gasteiger partial charge on any atom is -0.347 e. The summed E-state index contributed by atoms with van der Waals surface area (Å²) >= 11 is 0. The van der Waals surface area contributed by atoms with Gasteiger partial charge in [-0.2, -0.15) is 0 Å². The molecule has 0 fully saturated rings. The van der Waals surface area contributed by atoms with E-state index in [-0.39, 0.29) is 18.4 Å². The molecule has 0 radical (unpaired) electrons. The Hall–Kier alpha value is -2.62. The third-order valence-corrected chi connectivity index (χ3v) is 4.09. The lowest BCUT2D eigenvalue weighted by atomic mass is 10.1. The van der Waals surface area contributed by atoms with Crippen molar-refractivity contribution in [3.8, 4) is 0 Å². The first-order valence-electron chi connectivity index (χ1n) is 8.14. The smallest absolute Gasteiger partial charge is 0.243 e. The summed E-state index contributed by atoms with van der Waals surface area (Å²) in [5, 5.41) is 5.50. The summed E-state index contributed by atoms with van der Waals surface area (Å²) in [6.45, 7) is 5.98. The standard InChI is InChI=1S/C20H24N2O2/c1-14-7-9-17(10-8-14)11-12-19(23)21-13-20(24)22-18-6-4-5-15(2)16(18)3/h4-10H,11-13H2,1-3H3,(H,21,23)(H,22,24). The van der Waals surface area contributed by atoms with Gasteiger partial charge in [0.05, 0.1) is 6.54 Å². The Morgan fingerprint density at radius 2 is 1.62 bits per heavy atom. The van der Waals surface area contributed by atoms with Crippen LogP contribution >= 0.6 is 0 Å². The van der Waals surface area contributed by atoms with Crippen molar-refractivity contribution >= 4 is 17.5 Å². The van der Waals surface area contributed by atoms with Crippen LogP contribution in [-0.4, -0.2) is 18.4 Å². The fraction of sp³-hybridized carbons (Fsp3) is 0.300. The zero-order valence-corrected chi connectivity index (χ0v) is 14.5. The largest absolute Gasteiger partial charge is 0.347 e. The molecule has 0 heterocycles. The van der Waals surface area contributed by atoms with Gasteiger partial charge in [0.1, 0.15) is 0 Å². The molecular formula is C20H24N2O2. The third kappa shape index (κ3) is 5.23. The van der Waals surface area contributed by atoms with Crippen molar-refractivity contribution in [2.45, 2.75) is 33.6 Å². The Kier molecular flexibility index (Phi) is 6.13. The van der Waals surface area contributed by atoms with Gasteiger partial charge in [0, 0.05) is 12.1 Å². The summed E-state index contributed by atoms with van der Waals surface area (Å²) < 4.78 is 0. The van der Waals surface area contributed by atoms with Gasteiger partial charge in [0.25, 0.3) is 0 Å². The Bertz CT molecular complexity index is 721. The van der Waals surface area contributed by atoms with Crippen molar-refractivity contribution in [2.75, 3.05) is 11.9 Å². The van der Waals surface area contributed by atoms with E-state index in [1.165, 1.54) is 5.56 Å². The topological polar surface area (TPSA) is 58.2 Å². The van der Waals surface area contributed by atoms with Crippen LogP contribution in [0.25, 0.3) is 0 Å². The predicted molar refractivity (Wildman–Crippen MR) is 97.1 cm³/mol. The van der Waals surface area contributed by atoms with E-state index in [1.807, 2.05) is 63.2 Å². The molecule has 4 heteroatoms. The molecule has 2 aromatic rings. The maximum absolute atomic E-state index is 12.0. The predicted octanol–water partition coefficient (Wildman–Crippen LogP) is 3.30. The molecule has 2 aromatic carbocycles. The van der Waals surface area contributed by atoms with E-state index in [0.29, 0.717) is 12.8 Å². The summed E-state index contributed by atoms with van der Waals surface area (Å²) in [5.74, 6) is -0.334. The third-order valence-electron chi connectivity index (χ3n) is 4.09. The normalized spacial score (nSPS) is 10.3. The van der Waals surface area contributed by atoms with Crippen molar-refractivity contribution in [3.05, 3.63) is 64.7 Å². The lowest BCUT2D eigenvalue weighted by Crippen LogP contribution is -2.33. The summed E-state index contributed by atoms with van der Waals surface area (Å²) in [5.41, 5.74) is 5.27. The van der Waals surface area contributed by atoms with Gasteiger partial charge < -0.3 is 10.6 Å². The monoisotopic (exact) mass is 324 g/mol. The molecule has 24 heavy (non-hydrogen) atoms. The number of anilines is 1. The van der Waals surface area contributed by atoms with E-state index in [4.69, 9.17) is 0 Å². The van der Waals surface area contributed by atoms with E-state index in [1.54, 1.807) is 0 Å². The van der Waals surface area contributed by atoms with Gasteiger partial charge in [0.15, 0.2) is 0 Å². The summed E-state index contributed by atoms with van der Waals surface area (Å²) in [6.07, 6.45) is 1.05. The van der Waals surface area contributed by atoms with Crippen LogP contribution in [0.15, 0.2) is 42.5 Å². The first-order valence-corrected chi connectivity index (χ1v) is 8.14. The van der Waals surface area contributed by atoms with Gasteiger partial charge >= 0.3 is 0 Å². The Morgan fingerprint density at radius 1 is 0.917 bits per heavy atom. The minimum absolute atomic E-state index is 0.0138. The molecule has 0 aliphatic rings. The second-order valence-corrected chi connectivity index (χ2v) is 6.06. The number of hydrogen-bond donors (Lipinski definition) is 2. The Balaban J connectivity index is 1.75. The lowest BCUT2D eigenvalue weighted by molar-refractivity contribution is -0.124. The molecule has 0 aliphatic carbocycles. The van der Waals surface area contributed by atoms with Gasteiger partial charge in [-0.15, -0.1) is 0 Å². The first kappa shape index (κ1) is 17.7. The van der Waals surface area contributed by atoms with E-state index < -0.39 is 0 Å². The number of rotatable bonds is 6. The molecule has 4 nitrogen and oxygen atoms in total. The quantitative estimate of drug-likeness (QED) is 0.856. The molecule has 0 saturated heterocycles. The van der Waals surface area contributed by atoms with Gasteiger partial charge in [-0.25, -0.2) is 0 Å². The van der Waals surface area contributed by atoms with Crippen LogP contribution in [0, 0.1) is 20.8 Å². The number of benzene rings is 2. The maximum Gasteiger partial charge on any atom is 0.243 e. The molecule has 0 bridgehead atoms. The highest BCUT2D eigenvalue weighted by Gasteiger charge is 2.08. The van der Waals surface area contributed by atoms with Crippen LogP contribution in [0.4, 0.5) is 5.69 Å². The van der Waals surface area contributed by atoms with E-state index >= 15 is 0 Å². The zero-order valence-electron chi connectivity index (χ0n) is 14.5. The molecule has 0 aliphatic heterocycles. The number of amides is 2. The average Bonchev–Trinajstić information content (AvgIpc) is 2.56. The fourth-order valence-corrected chi connectivity index (χ4v) is 2.36. The molecule has 2 rings (SSSR count). The van der Waals surface area contributed by atoms with Crippen molar-refractivity contribution in [2.24, 2.45) is 0 Å². The van der Waals surface area contributed by atoms with Gasteiger partial charge in [-0.05, 0) is 49.9 Å². The van der Waals surface area contributed by atoms with Crippen LogP contribution < -0.4 is 10.6 Å². The molecule has 0 aromatic heterocycles. The molecule has 2 amide bonds. The highest BCUT2D eigenvalue weighted by Crippen LogP contribution is 2.17. The second-order valence-electron chi connectivity index (χ2n) is 6.06. The molecule has 126 valence electrons. The highest BCUT2D eigenvalue weighted by molar-refractivity contribution is 5.95. The molecule has 0 unspecified atom stereocenters. The molecule has 0 saturated carbocycles. The van der Waals surface area contributed by atoms with Gasteiger partial charge in [-0.1, -0.05) is 42.0 Å². The average molecular weight is 324 g/mol. The van der Waals surface area contributed by atoms with Crippen LogP contribution in [0.5, 0.6) is 0 Å². The van der Waals surface area contributed by atoms with E-state index in [0.717, 1.165) is 22.4 Å². The van der Waals surface area contributed by atoms with E-state index in [9.17, 15) is 9.59 Å². The highest BCUT2D eigenvalue weighted by atomic mass is 16.2. The zero-order chi connectivity index (χ0) is 17.5. The van der Waals surface area contributed by atoms with E-state index in [2.05, 4.69) is 10.6 Å². The summed E-state index contributed by atoms with van der Waals surface area (Å²) in [7, 11) is 0. The van der Waals surface area contributed by atoms with Crippen LogP contribution in [-0.2, 0) is 16.0 Å². The van der Waals surface area contributed by atoms with Gasteiger partial charge in [-0.3, -0.25) is 9.59 Å². The molecule has 0 spiro atoms. The molecule has 2 N–H and O–H groups in total. The van der Waals surface area contributed by atoms with Crippen LogP contribution in [0.3, 0.4) is 0 Å². The maximum atomic E-state index is 12.0. The fourth-order valence-electron chi connectivity index (χ4n) is 2.36. The Labute approximate surface area is 143 Å². The number of aryl methyl sites for hydroxylation is 3. The van der Waals surface area contributed by atoms with Crippen molar-refractivity contribution in [1.82, 2.24) is 5.32 Å². The van der Waals surface area contributed by atoms with Gasteiger partial charge in [0.2, 0.25) is 11.8 Å². The van der Waals surface area contributed by atoms with Crippen molar-refractivity contribution in [1.29, 1.82) is 0 Å². The molecular weight excluding hydrogens is 300 g/mol. The number of carbonyl (C=O) groups excluding carboxylic acids is 2. The summed E-state index contributed by atoms with van der Waals surface area (Å²) in [6, 6.07) is 13.9. The lowest BCUT2D eigenvalue weighted by Gasteiger charge is -2.11. The SMILES string of the molecule is Cc1ccc(CCC(=O)NCC(=O)Nc2cccc(C)c2C)cc1. The number of carbonyl (C=O) groups is 2. The second kappa shape index (κ2) is 8.29. The van der Waals surface area contributed by atoms with Crippen molar-refractivity contribution in [3.63, 3.8) is 0 Å². The first-order chi connectivity index (χ1) is 11.5. The Morgan fingerprint density at radius 3 is 2.33 bits per heavy atom. The van der Waals surface area contributed by atoms with Crippen molar-refractivity contribution < 1.29 is 9.59 Å². The minimum atomic E-state index is -0.215. The number of nitrogens with one attached hydrogen (secondary N) is 2. The van der Waals surface area contributed by atoms with Crippen LogP contribution in [0.2, 0.25) is 0 Å². The molecule has 0 atom stereocenters. The van der Waals surface area contributed by atoms with Crippen LogP contribution in [0.1, 0.15) is 28.7 Å².